The molecule has 1 heterocycles. The Kier molecular flexibility index (Phi) is 5.30. The van der Waals surface area contributed by atoms with Gasteiger partial charge in [0.2, 0.25) is 0 Å². The van der Waals surface area contributed by atoms with Crippen LogP contribution in [-0.4, -0.2) is 28.2 Å². The van der Waals surface area contributed by atoms with Crippen LogP contribution in [0.3, 0.4) is 0 Å². The van der Waals surface area contributed by atoms with Crippen LogP contribution in [0.1, 0.15) is 45.8 Å². The van der Waals surface area contributed by atoms with Crippen LogP contribution in [0.2, 0.25) is 0 Å². The van der Waals surface area contributed by atoms with Crippen LogP contribution in [-0.2, 0) is 14.3 Å². The molecule has 28 heavy (non-hydrogen) atoms. The van der Waals surface area contributed by atoms with Crippen LogP contribution >= 0.6 is 0 Å². The van der Waals surface area contributed by atoms with Crippen molar-refractivity contribution >= 4 is 5.97 Å². The van der Waals surface area contributed by atoms with Gasteiger partial charge in [0, 0.05) is 17.9 Å². The van der Waals surface area contributed by atoms with E-state index < -0.39 is 17.7 Å². The number of carbonyl (C=O) groups is 1. The van der Waals surface area contributed by atoms with E-state index in [1.807, 2.05) is 20.8 Å². The first kappa shape index (κ1) is 20.1. The van der Waals surface area contributed by atoms with Gasteiger partial charge in [-0.2, -0.15) is 0 Å². The van der Waals surface area contributed by atoms with Gasteiger partial charge in [-0.1, -0.05) is 37.3 Å². The fourth-order valence-corrected chi connectivity index (χ4v) is 4.07. The zero-order valence-electron chi connectivity index (χ0n) is 16.5. The lowest BCUT2D eigenvalue weighted by atomic mass is 9.77. The number of nitro groups is 1. The van der Waals surface area contributed by atoms with Gasteiger partial charge in [-0.3, -0.25) is 10.1 Å². The number of fused-ring (bicyclic) bond motifs is 1. The SMILES string of the molecule is CC1=C2O[C@](C)(COC(=O)[C@@H](O)c3ccccc3)CC2C(C)C([N+](=O)[O-])=C1C. The maximum atomic E-state index is 12.2. The van der Waals surface area contributed by atoms with Crippen molar-refractivity contribution in [2.45, 2.75) is 45.8 Å². The Bertz CT molecular complexity index is 859. The van der Waals surface area contributed by atoms with Crippen LogP contribution < -0.4 is 0 Å². The van der Waals surface area contributed by atoms with E-state index in [0.29, 0.717) is 17.6 Å². The summed E-state index contributed by atoms with van der Waals surface area (Å²) in [5.74, 6) is -0.435. The molecule has 0 saturated carbocycles. The quantitative estimate of drug-likeness (QED) is 0.471. The molecule has 1 saturated heterocycles. The molecule has 1 N–H and O–H groups in total. The number of allylic oxidation sites excluding steroid dienone is 4. The molecular formula is C21H25NO6. The topological polar surface area (TPSA) is 98.9 Å². The summed E-state index contributed by atoms with van der Waals surface area (Å²) in [6, 6.07) is 8.56. The normalized spacial score (nSPS) is 27.9. The lowest BCUT2D eigenvalue weighted by Crippen LogP contribution is -2.33. The minimum atomic E-state index is -1.36. The Balaban J connectivity index is 1.71. The van der Waals surface area contributed by atoms with Gasteiger partial charge < -0.3 is 14.6 Å². The fourth-order valence-electron chi connectivity index (χ4n) is 4.07. The average Bonchev–Trinajstić information content (AvgIpc) is 3.03. The van der Waals surface area contributed by atoms with E-state index in [1.165, 1.54) is 0 Å². The summed E-state index contributed by atoms with van der Waals surface area (Å²) in [5.41, 5.74) is 1.28. The Morgan fingerprint density at radius 1 is 1.36 bits per heavy atom. The average molecular weight is 387 g/mol. The molecule has 2 unspecified atom stereocenters. The first-order chi connectivity index (χ1) is 13.1. The maximum Gasteiger partial charge on any atom is 0.339 e. The Morgan fingerprint density at radius 2 is 2.00 bits per heavy atom. The first-order valence-corrected chi connectivity index (χ1v) is 9.29. The number of aliphatic hydroxyl groups excluding tert-OH is 1. The zero-order chi connectivity index (χ0) is 20.6. The van der Waals surface area contributed by atoms with Crippen molar-refractivity contribution in [3.63, 3.8) is 0 Å². The van der Waals surface area contributed by atoms with Crippen molar-refractivity contribution in [1.29, 1.82) is 0 Å². The highest BCUT2D eigenvalue weighted by molar-refractivity contribution is 5.76. The number of nitrogens with zero attached hydrogens (tertiary/aromatic N) is 1. The van der Waals surface area contributed by atoms with E-state index in [-0.39, 0.29) is 29.1 Å². The Morgan fingerprint density at radius 3 is 2.61 bits per heavy atom. The van der Waals surface area contributed by atoms with Gasteiger partial charge in [0.1, 0.15) is 18.0 Å². The number of aliphatic hydroxyl groups is 1. The summed E-state index contributed by atoms with van der Waals surface area (Å²) in [4.78, 5) is 23.4. The third kappa shape index (κ3) is 3.54. The lowest BCUT2D eigenvalue weighted by molar-refractivity contribution is -0.436. The number of hydrogen-bond donors (Lipinski definition) is 1. The molecule has 1 aliphatic carbocycles. The molecule has 0 amide bonds. The van der Waals surface area contributed by atoms with Crippen LogP contribution in [0.5, 0.6) is 0 Å². The third-order valence-electron chi connectivity index (χ3n) is 5.75. The van der Waals surface area contributed by atoms with Crippen LogP contribution in [0.4, 0.5) is 0 Å². The summed E-state index contributed by atoms with van der Waals surface area (Å²) in [6.45, 7) is 7.18. The second kappa shape index (κ2) is 7.39. The smallest absolute Gasteiger partial charge is 0.339 e. The molecule has 1 aliphatic heterocycles. The Hall–Kier alpha value is -2.67. The fraction of sp³-hybridized carbons (Fsp3) is 0.476. The molecule has 2 aliphatic rings. The van der Waals surface area contributed by atoms with Crippen molar-refractivity contribution < 1.29 is 24.3 Å². The van der Waals surface area contributed by atoms with E-state index in [4.69, 9.17) is 9.47 Å². The minimum Gasteiger partial charge on any atom is -0.488 e. The van der Waals surface area contributed by atoms with Crippen LogP contribution in [0.15, 0.2) is 52.9 Å². The molecule has 150 valence electrons. The van der Waals surface area contributed by atoms with Crippen LogP contribution in [0, 0.1) is 22.0 Å². The third-order valence-corrected chi connectivity index (χ3v) is 5.75. The van der Waals surface area contributed by atoms with E-state index in [0.717, 1.165) is 11.3 Å². The van der Waals surface area contributed by atoms with Gasteiger partial charge >= 0.3 is 5.97 Å². The monoisotopic (exact) mass is 387 g/mol. The number of rotatable bonds is 5. The van der Waals surface area contributed by atoms with Gasteiger partial charge in [0.15, 0.2) is 6.10 Å². The van der Waals surface area contributed by atoms with Gasteiger partial charge in [-0.05, 0) is 31.9 Å². The highest BCUT2D eigenvalue weighted by atomic mass is 16.6. The molecule has 0 spiro atoms. The number of esters is 1. The Labute approximate surface area is 163 Å². The predicted molar refractivity (Wildman–Crippen MR) is 102 cm³/mol. The largest absolute Gasteiger partial charge is 0.488 e. The molecule has 7 nitrogen and oxygen atoms in total. The van der Waals surface area contributed by atoms with Crippen molar-refractivity contribution in [1.82, 2.24) is 0 Å². The molecule has 1 fully saturated rings. The van der Waals surface area contributed by atoms with Crippen molar-refractivity contribution in [2.75, 3.05) is 6.61 Å². The standard InChI is InChI=1S/C21H25NO6/c1-12-13(2)19-16(14(3)17(12)22(25)26)10-21(4,28-19)11-27-20(24)18(23)15-8-6-5-7-9-15/h5-9,14,16,18,23H,10-11H2,1-4H3/t14?,16?,18-,21-/m0/s1. The number of benzene rings is 1. The molecule has 7 heteroatoms. The molecule has 3 rings (SSSR count). The lowest BCUT2D eigenvalue weighted by Gasteiger charge is -2.25. The molecule has 0 bridgehead atoms. The highest BCUT2D eigenvalue weighted by Gasteiger charge is 2.50. The number of ether oxygens (including phenoxy) is 2. The molecule has 4 atom stereocenters. The molecular weight excluding hydrogens is 362 g/mol. The highest BCUT2D eigenvalue weighted by Crippen LogP contribution is 2.49. The summed E-state index contributed by atoms with van der Waals surface area (Å²) < 4.78 is 11.5. The van der Waals surface area contributed by atoms with Crippen molar-refractivity contribution in [3.8, 4) is 0 Å². The molecule has 0 aromatic heterocycles. The molecule has 1 aromatic rings. The molecule has 0 radical (unpaired) electrons. The number of hydrogen-bond acceptors (Lipinski definition) is 6. The second-order valence-electron chi connectivity index (χ2n) is 7.83. The second-order valence-corrected chi connectivity index (χ2v) is 7.83. The van der Waals surface area contributed by atoms with E-state index in [9.17, 15) is 20.0 Å². The van der Waals surface area contributed by atoms with Crippen LogP contribution in [0.25, 0.3) is 0 Å². The van der Waals surface area contributed by atoms with Crippen molar-refractivity contribution in [3.05, 3.63) is 68.6 Å². The van der Waals surface area contributed by atoms with E-state index >= 15 is 0 Å². The predicted octanol–water partition coefficient (Wildman–Crippen LogP) is 3.53. The summed E-state index contributed by atoms with van der Waals surface area (Å²) in [6.07, 6.45) is -0.862. The summed E-state index contributed by atoms with van der Waals surface area (Å²) in [5, 5.41) is 21.6. The number of carbonyl (C=O) groups excluding carboxylic acids is 1. The maximum absolute atomic E-state index is 12.2. The van der Waals surface area contributed by atoms with Gasteiger partial charge in [-0.25, -0.2) is 4.79 Å². The van der Waals surface area contributed by atoms with E-state index in [2.05, 4.69) is 0 Å². The van der Waals surface area contributed by atoms with Gasteiger partial charge in [0.05, 0.1) is 10.8 Å². The van der Waals surface area contributed by atoms with Gasteiger partial charge in [0.25, 0.3) is 5.70 Å². The van der Waals surface area contributed by atoms with Crippen molar-refractivity contribution in [2.24, 2.45) is 11.8 Å². The van der Waals surface area contributed by atoms with E-state index in [1.54, 1.807) is 37.3 Å². The first-order valence-electron chi connectivity index (χ1n) is 9.29. The summed E-state index contributed by atoms with van der Waals surface area (Å²) >= 11 is 0. The summed E-state index contributed by atoms with van der Waals surface area (Å²) in [7, 11) is 0. The minimum absolute atomic E-state index is 0.0391. The molecule has 1 aromatic carbocycles. The van der Waals surface area contributed by atoms with Gasteiger partial charge in [-0.15, -0.1) is 0 Å². The zero-order valence-corrected chi connectivity index (χ0v) is 16.5.